The highest BCUT2D eigenvalue weighted by molar-refractivity contribution is 6.66. The first-order chi connectivity index (χ1) is 7.58. The zero-order valence-corrected chi connectivity index (χ0v) is 12.3. The average molecular weight is 246 g/mol. The molecule has 0 rings (SSSR count). The van der Waals surface area contributed by atoms with Crippen molar-refractivity contribution in [1.29, 1.82) is 0 Å². The summed E-state index contributed by atoms with van der Waals surface area (Å²) in [6.45, 7) is 12.3. The lowest BCUT2D eigenvalue weighted by Crippen LogP contribution is -2.38. The second-order valence-corrected chi connectivity index (χ2v) is 7.20. The van der Waals surface area contributed by atoms with Crippen molar-refractivity contribution in [3.63, 3.8) is 0 Å². The van der Waals surface area contributed by atoms with Crippen LogP contribution in [0.5, 0.6) is 0 Å². The van der Waals surface area contributed by atoms with Crippen LogP contribution in [0.4, 0.5) is 0 Å². The van der Waals surface area contributed by atoms with E-state index in [0.717, 1.165) is 38.0 Å². The third-order valence-electron chi connectivity index (χ3n) is 2.41. The van der Waals surface area contributed by atoms with Gasteiger partial charge in [-0.25, -0.2) is 0 Å². The summed E-state index contributed by atoms with van der Waals surface area (Å²) < 4.78 is 17.0. The van der Waals surface area contributed by atoms with Crippen molar-refractivity contribution < 1.29 is 13.6 Å². The minimum Gasteiger partial charge on any atom is -0.499 e. The Morgan fingerprint density at radius 2 is 1.75 bits per heavy atom. The Balaban J connectivity index is 3.84. The molecule has 96 valence electrons. The zero-order chi connectivity index (χ0) is 12.4. The molecule has 0 heterocycles. The summed E-state index contributed by atoms with van der Waals surface area (Å²) in [4.78, 5) is 0. The standard InChI is InChI=1S/C12H26O3Si/c1-6-12(4)13-10-9-11-16(5,14-7-2)15-8-3/h6H,7-11H2,1-5H3. The van der Waals surface area contributed by atoms with Crippen molar-refractivity contribution in [3.05, 3.63) is 11.8 Å². The lowest BCUT2D eigenvalue weighted by Gasteiger charge is -2.25. The molecule has 0 N–H and O–H groups in total. The monoisotopic (exact) mass is 246 g/mol. The van der Waals surface area contributed by atoms with Gasteiger partial charge in [0.25, 0.3) is 0 Å². The average Bonchev–Trinajstić information content (AvgIpc) is 2.25. The normalized spacial score (nSPS) is 12.9. The first-order valence-corrected chi connectivity index (χ1v) is 8.64. The molecule has 0 saturated carbocycles. The Morgan fingerprint density at radius 1 is 1.19 bits per heavy atom. The van der Waals surface area contributed by atoms with Crippen LogP contribution < -0.4 is 0 Å². The lowest BCUT2D eigenvalue weighted by molar-refractivity contribution is 0.177. The molecule has 3 nitrogen and oxygen atoms in total. The molecule has 0 amide bonds. The Labute approximate surface area is 101 Å². The second kappa shape index (κ2) is 8.79. The van der Waals surface area contributed by atoms with Crippen molar-refractivity contribution in [2.75, 3.05) is 19.8 Å². The molecule has 16 heavy (non-hydrogen) atoms. The maximum absolute atomic E-state index is 5.75. The Hall–Kier alpha value is -0.323. The topological polar surface area (TPSA) is 27.7 Å². The third-order valence-corrected chi connectivity index (χ3v) is 5.47. The summed E-state index contributed by atoms with van der Waals surface area (Å²) >= 11 is 0. The van der Waals surface area contributed by atoms with E-state index in [4.69, 9.17) is 13.6 Å². The highest BCUT2D eigenvalue weighted by Gasteiger charge is 2.29. The molecule has 4 heteroatoms. The van der Waals surface area contributed by atoms with Gasteiger partial charge in [0.1, 0.15) is 0 Å². The fourth-order valence-electron chi connectivity index (χ4n) is 1.51. The Kier molecular flexibility index (Phi) is 8.61. The van der Waals surface area contributed by atoms with Crippen molar-refractivity contribution >= 4 is 8.56 Å². The Bertz CT molecular complexity index is 198. The largest absolute Gasteiger partial charge is 0.499 e. The van der Waals surface area contributed by atoms with Crippen molar-refractivity contribution in [1.82, 2.24) is 0 Å². The SMILES string of the molecule is CC=C(C)OCCC[Si](C)(OCC)OCC. The summed E-state index contributed by atoms with van der Waals surface area (Å²) in [6.07, 6.45) is 2.97. The fourth-order valence-corrected chi connectivity index (χ4v) is 3.89. The summed E-state index contributed by atoms with van der Waals surface area (Å²) in [5.74, 6) is 0.983. The van der Waals surface area contributed by atoms with Crippen LogP contribution in [0.25, 0.3) is 0 Å². The van der Waals surface area contributed by atoms with Crippen molar-refractivity contribution in [2.24, 2.45) is 0 Å². The van der Waals surface area contributed by atoms with Gasteiger partial charge in [0.05, 0.1) is 12.4 Å². The van der Waals surface area contributed by atoms with Crippen LogP contribution in [-0.4, -0.2) is 28.4 Å². The number of hydrogen-bond acceptors (Lipinski definition) is 3. The van der Waals surface area contributed by atoms with Gasteiger partial charge < -0.3 is 13.6 Å². The molecule has 0 aromatic carbocycles. The summed E-state index contributed by atoms with van der Waals surface area (Å²) in [5.41, 5.74) is 0. The minimum atomic E-state index is -1.93. The predicted molar refractivity (Wildman–Crippen MR) is 69.7 cm³/mol. The zero-order valence-electron chi connectivity index (χ0n) is 11.3. The van der Waals surface area contributed by atoms with Crippen molar-refractivity contribution in [3.8, 4) is 0 Å². The van der Waals surface area contributed by atoms with Gasteiger partial charge in [0.15, 0.2) is 0 Å². The van der Waals surface area contributed by atoms with Crippen LogP contribution in [0.2, 0.25) is 12.6 Å². The maximum atomic E-state index is 5.75. The number of rotatable bonds is 9. The summed E-state index contributed by atoms with van der Waals surface area (Å²) in [5, 5.41) is 0. The molecule has 0 aromatic rings. The minimum absolute atomic E-state index is 0.734. The number of ether oxygens (including phenoxy) is 1. The Morgan fingerprint density at radius 3 is 2.19 bits per heavy atom. The highest BCUT2D eigenvalue weighted by Crippen LogP contribution is 2.16. The fraction of sp³-hybridized carbons (Fsp3) is 0.833. The van der Waals surface area contributed by atoms with E-state index in [-0.39, 0.29) is 0 Å². The van der Waals surface area contributed by atoms with Crippen LogP contribution in [0, 0.1) is 0 Å². The van der Waals surface area contributed by atoms with Gasteiger partial charge in [0.2, 0.25) is 0 Å². The summed E-state index contributed by atoms with van der Waals surface area (Å²) in [6, 6.07) is 0.992. The van der Waals surface area contributed by atoms with Crippen LogP contribution in [0.15, 0.2) is 11.8 Å². The van der Waals surface area contributed by atoms with E-state index in [2.05, 4.69) is 6.55 Å². The van der Waals surface area contributed by atoms with E-state index in [1.165, 1.54) is 0 Å². The smallest absolute Gasteiger partial charge is 0.335 e. The van der Waals surface area contributed by atoms with Gasteiger partial charge in [0, 0.05) is 13.2 Å². The molecule has 0 unspecified atom stereocenters. The third kappa shape index (κ3) is 7.03. The van der Waals surface area contributed by atoms with E-state index in [0.29, 0.717) is 0 Å². The summed E-state index contributed by atoms with van der Waals surface area (Å²) in [7, 11) is -1.93. The lowest BCUT2D eigenvalue weighted by atomic mass is 10.5. The number of hydrogen-bond donors (Lipinski definition) is 0. The van der Waals surface area contributed by atoms with Gasteiger partial charge in [-0.05, 0) is 46.7 Å². The number of allylic oxidation sites excluding steroid dienone is 2. The van der Waals surface area contributed by atoms with Crippen LogP contribution in [0.1, 0.15) is 34.1 Å². The van der Waals surface area contributed by atoms with Gasteiger partial charge in [-0.2, -0.15) is 0 Å². The molecule has 0 aromatic heterocycles. The molecular formula is C12H26O3Si. The van der Waals surface area contributed by atoms with E-state index in [9.17, 15) is 0 Å². The molecule has 0 aliphatic rings. The van der Waals surface area contributed by atoms with Crippen molar-refractivity contribution in [2.45, 2.75) is 46.7 Å². The predicted octanol–water partition coefficient (Wildman–Crippen LogP) is 3.46. The molecule has 0 aliphatic heterocycles. The molecule has 0 aliphatic carbocycles. The first kappa shape index (κ1) is 15.7. The molecule has 0 saturated heterocycles. The molecule has 0 radical (unpaired) electrons. The van der Waals surface area contributed by atoms with Gasteiger partial charge >= 0.3 is 8.56 Å². The molecule has 0 fully saturated rings. The van der Waals surface area contributed by atoms with Crippen LogP contribution >= 0.6 is 0 Å². The van der Waals surface area contributed by atoms with Gasteiger partial charge in [-0.15, -0.1) is 0 Å². The van der Waals surface area contributed by atoms with E-state index >= 15 is 0 Å². The van der Waals surface area contributed by atoms with E-state index < -0.39 is 8.56 Å². The van der Waals surface area contributed by atoms with E-state index in [1.807, 2.05) is 33.8 Å². The maximum Gasteiger partial charge on any atom is 0.335 e. The molecular weight excluding hydrogens is 220 g/mol. The van der Waals surface area contributed by atoms with Crippen LogP contribution in [0.3, 0.4) is 0 Å². The molecule has 0 spiro atoms. The molecule has 0 atom stereocenters. The first-order valence-electron chi connectivity index (χ1n) is 6.11. The van der Waals surface area contributed by atoms with Gasteiger partial charge in [-0.1, -0.05) is 6.08 Å². The van der Waals surface area contributed by atoms with Gasteiger partial charge in [-0.3, -0.25) is 0 Å². The van der Waals surface area contributed by atoms with E-state index in [1.54, 1.807) is 0 Å². The van der Waals surface area contributed by atoms with Crippen LogP contribution in [-0.2, 0) is 13.6 Å². The quantitative estimate of drug-likeness (QED) is 0.354. The highest BCUT2D eigenvalue weighted by atomic mass is 28.4. The second-order valence-electron chi connectivity index (χ2n) is 3.85. The molecule has 0 bridgehead atoms.